The van der Waals surface area contributed by atoms with Gasteiger partial charge >= 0.3 is 0 Å². The fraction of sp³-hybridized carbons (Fsp3) is 0.833. The third-order valence-electron chi connectivity index (χ3n) is 3.36. The first-order valence-corrected chi connectivity index (χ1v) is 6.53. The van der Waals surface area contributed by atoms with E-state index in [9.17, 15) is 0 Å². The van der Waals surface area contributed by atoms with Gasteiger partial charge in [-0.15, -0.1) is 0 Å². The van der Waals surface area contributed by atoms with E-state index in [0.29, 0.717) is 0 Å². The molecular weight excluding hydrogens is 200 g/mol. The number of hydrogen-bond donors (Lipinski definition) is 2. The zero-order valence-electron chi connectivity index (χ0n) is 9.91. The van der Waals surface area contributed by atoms with Gasteiger partial charge < -0.3 is 5.32 Å². The summed E-state index contributed by atoms with van der Waals surface area (Å²) in [5.74, 6) is 0.985. The van der Waals surface area contributed by atoms with Crippen LogP contribution in [0, 0.1) is 0 Å². The first-order chi connectivity index (χ1) is 7.95. The fourth-order valence-electron chi connectivity index (χ4n) is 2.41. The summed E-state index contributed by atoms with van der Waals surface area (Å²) in [7, 11) is 0. The monoisotopic (exact) mass is 222 g/mol. The summed E-state index contributed by atoms with van der Waals surface area (Å²) in [6.07, 6.45) is 12.3. The molecule has 2 rings (SSSR count). The third-order valence-corrected chi connectivity index (χ3v) is 3.36. The average molecular weight is 222 g/mol. The van der Waals surface area contributed by atoms with E-state index in [1.54, 1.807) is 6.33 Å². The van der Waals surface area contributed by atoms with Crippen LogP contribution in [0.4, 0.5) is 0 Å². The molecule has 0 atom stereocenters. The summed E-state index contributed by atoms with van der Waals surface area (Å²) in [6, 6.07) is 0.725. The molecule has 1 saturated carbocycles. The van der Waals surface area contributed by atoms with Crippen LogP contribution >= 0.6 is 0 Å². The van der Waals surface area contributed by atoms with Gasteiger partial charge in [0.15, 0.2) is 0 Å². The first kappa shape index (κ1) is 11.6. The summed E-state index contributed by atoms with van der Waals surface area (Å²) in [4.78, 5) is 4.13. The fourth-order valence-corrected chi connectivity index (χ4v) is 2.41. The summed E-state index contributed by atoms with van der Waals surface area (Å²) in [5, 5.41) is 10.4. The Morgan fingerprint density at radius 1 is 1.19 bits per heavy atom. The van der Waals surface area contributed by atoms with Crippen molar-refractivity contribution in [2.75, 3.05) is 6.54 Å². The molecule has 4 nitrogen and oxygen atoms in total. The van der Waals surface area contributed by atoms with Gasteiger partial charge in [-0.2, -0.15) is 5.10 Å². The molecule has 16 heavy (non-hydrogen) atoms. The van der Waals surface area contributed by atoms with Gasteiger partial charge in [0, 0.05) is 19.0 Å². The maximum absolute atomic E-state index is 4.13. The number of aromatic amines is 1. The van der Waals surface area contributed by atoms with E-state index in [2.05, 4.69) is 20.5 Å². The van der Waals surface area contributed by atoms with Gasteiger partial charge in [0.05, 0.1) is 0 Å². The van der Waals surface area contributed by atoms with Crippen molar-refractivity contribution in [3.8, 4) is 0 Å². The molecule has 0 spiro atoms. The number of hydrogen-bond acceptors (Lipinski definition) is 3. The molecule has 1 aliphatic carbocycles. The minimum Gasteiger partial charge on any atom is -0.314 e. The van der Waals surface area contributed by atoms with Crippen LogP contribution in [0.2, 0.25) is 0 Å². The predicted molar refractivity (Wildman–Crippen MR) is 64.2 cm³/mol. The number of H-pyrrole nitrogens is 1. The molecule has 1 heterocycles. The van der Waals surface area contributed by atoms with Gasteiger partial charge in [-0.3, -0.25) is 5.10 Å². The number of nitrogens with one attached hydrogen (secondary N) is 2. The zero-order valence-corrected chi connectivity index (χ0v) is 9.91. The van der Waals surface area contributed by atoms with Crippen molar-refractivity contribution in [2.45, 2.75) is 57.4 Å². The molecule has 1 aliphatic rings. The zero-order chi connectivity index (χ0) is 11.1. The minimum absolute atomic E-state index is 0.725. The third kappa shape index (κ3) is 3.93. The van der Waals surface area contributed by atoms with Gasteiger partial charge in [0.2, 0.25) is 0 Å². The average Bonchev–Trinajstić information content (AvgIpc) is 2.73. The van der Waals surface area contributed by atoms with Crippen LogP contribution in [-0.2, 0) is 6.42 Å². The van der Waals surface area contributed by atoms with Crippen LogP contribution < -0.4 is 5.32 Å². The van der Waals surface area contributed by atoms with Crippen molar-refractivity contribution in [2.24, 2.45) is 0 Å². The molecule has 0 amide bonds. The van der Waals surface area contributed by atoms with Crippen LogP contribution in [0.5, 0.6) is 0 Å². The molecule has 0 unspecified atom stereocenters. The second-order valence-corrected chi connectivity index (χ2v) is 4.68. The number of rotatable bonds is 4. The van der Waals surface area contributed by atoms with E-state index in [4.69, 9.17) is 0 Å². The van der Waals surface area contributed by atoms with Crippen molar-refractivity contribution < 1.29 is 0 Å². The lowest BCUT2D eigenvalue weighted by Crippen LogP contribution is -2.31. The molecule has 0 radical (unpaired) electrons. The highest BCUT2D eigenvalue weighted by Gasteiger charge is 2.10. The molecule has 2 N–H and O–H groups in total. The Kier molecular flexibility index (Phi) is 4.80. The van der Waals surface area contributed by atoms with Gasteiger partial charge in [0.25, 0.3) is 0 Å². The van der Waals surface area contributed by atoms with E-state index in [1.165, 1.54) is 44.9 Å². The quantitative estimate of drug-likeness (QED) is 0.819. The largest absolute Gasteiger partial charge is 0.314 e. The highest BCUT2D eigenvalue weighted by molar-refractivity contribution is 4.81. The van der Waals surface area contributed by atoms with Gasteiger partial charge in [-0.1, -0.05) is 32.1 Å². The van der Waals surface area contributed by atoms with Crippen molar-refractivity contribution in [1.82, 2.24) is 20.5 Å². The Hall–Kier alpha value is -0.900. The van der Waals surface area contributed by atoms with Crippen molar-refractivity contribution in [1.29, 1.82) is 0 Å². The smallest absolute Gasteiger partial charge is 0.137 e. The normalized spacial score (nSPS) is 19.2. The lowest BCUT2D eigenvalue weighted by Gasteiger charge is -2.20. The van der Waals surface area contributed by atoms with Gasteiger partial charge in [-0.25, -0.2) is 4.98 Å². The van der Waals surface area contributed by atoms with Crippen molar-refractivity contribution >= 4 is 0 Å². The van der Waals surface area contributed by atoms with Crippen LogP contribution in [-0.4, -0.2) is 27.8 Å². The topological polar surface area (TPSA) is 53.6 Å². The van der Waals surface area contributed by atoms with Gasteiger partial charge in [-0.05, 0) is 12.8 Å². The molecule has 0 saturated heterocycles. The SMILES string of the molecule is c1n[nH]c(CCNC2CCCCCCC2)n1. The van der Waals surface area contributed by atoms with E-state index in [1.807, 2.05) is 0 Å². The number of aromatic nitrogens is 3. The Morgan fingerprint density at radius 3 is 2.62 bits per heavy atom. The van der Waals surface area contributed by atoms with Crippen LogP contribution in [0.25, 0.3) is 0 Å². The molecular formula is C12H22N4. The molecule has 0 aliphatic heterocycles. The lowest BCUT2D eigenvalue weighted by atomic mass is 9.97. The lowest BCUT2D eigenvalue weighted by molar-refractivity contribution is 0.391. The summed E-state index contributed by atoms with van der Waals surface area (Å²) in [5.41, 5.74) is 0. The minimum atomic E-state index is 0.725. The maximum atomic E-state index is 4.13. The number of nitrogens with zero attached hydrogens (tertiary/aromatic N) is 2. The standard InChI is InChI=1S/C12H22N4/c1-2-4-6-11(7-5-3-1)13-9-8-12-14-10-15-16-12/h10-11,13H,1-9H2,(H,14,15,16). The van der Waals surface area contributed by atoms with Crippen LogP contribution in [0.3, 0.4) is 0 Å². The van der Waals surface area contributed by atoms with E-state index in [0.717, 1.165) is 24.8 Å². The van der Waals surface area contributed by atoms with Crippen LogP contribution in [0.15, 0.2) is 6.33 Å². The summed E-state index contributed by atoms with van der Waals surface area (Å²) < 4.78 is 0. The van der Waals surface area contributed by atoms with Crippen molar-refractivity contribution in [3.05, 3.63) is 12.2 Å². The second kappa shape index (κ2) is 6.63. The Labute approximate surface area is 97.2 Å². The molecule has 0 aromatic carbocycles. The Balaban J connectivity index is 1.64. The van der Waals surface area contributed by atoms with Crippen molar-refractivity contribution in [3.63, 3.8) is 0 Å². The Morgan fingerprint density at radius 2 is 1.94 bits per heavy atom. The molecule has 1 aromatic rings. The van der Waals surface area contributed by atoms with Gasteiger partial charge in [0.1, 0.15) is 12.2 Å². The van der Waals surface area contributed by atoms with E-state index < -0.39 is 0 Å². The molecule has 0 bridgehead atoms. The Bertz CT molecular complexity index is 263. The first-order valence-electron chi connectivity index (χ1n) is 6.53. The maximum Gasteiger partial charge on any atom is 0.137 e. The van der Waals surface area contributed by atoms with Crippen LogP contribution in [0.1, 0.15) is 50.8 Å². The summed E-state index contributed by atoms with van der Waals surface area (Å²) in [6.45, 7) is 1.01. The summed E-state index contributed by atoms with van der Waals surface area (Å²) >= 11 is 0. The molecule has 1 fully saturated rings. The van der Waals surface area contributed by atoms with E-state index in [-0.39, 0.29) is 0 Å². The highest BCUT2D eigenvalue weighted by atomic mass is 15.2. The van der Waals surface area contributed by atoms with E-state index >= 15 is 0 Å². The second-order valence-electron chi connectivity index (χ2n) is 4.68. The predicted octanol–water partition coefficient (Wildman–Crippen LogP) is 2.05. The molecule has 90 valence electrons. The highest BCUT2D eigenvalue weighted by Crippen LogP contribution is 2.16. The molecule has 4 heteroatoms. The molecule has 1 aromatic heterocycles.